The number of hydrogen-bond acceptors (Lipinski definition) is 5. The SMILES string of the molecule is CCc1cc(=O)oc2cc(C)cc(OC(C)C(=O)N3CCOC(C)(C)C3)c12. The average molecular weight is 373 g/mol. The topological polar surface area (TPSA) is 69.0 Å². The molecule has 0 N–H and O–H groups in total. The zero-order valence-corrected chi connectivity index (χ0v) is 16.6. The third-order valence-corrected chi connectivity index (χ3v) is 4.80. The quantitative estimate of drug-likeness (QED) is 0.771. The molecule has 0 saturated carbocycles. The smallest absolute Gasteiger partial charge is 0.336 e. The minimum atomic E-state index is -0.652. The van der Waals surface area contributed by atoms with E-state index < -0.39 is 6.10 Å². The number of benzene rings is 1. The number of aryl methyl sites for hydroxylation is 2. The van der Waals surface area contributed by atoms with Crippen LogP contribution in [0.25, 0.3) is 11.0 Å². The molecule has 1 aliphatic heterocycles. The normalized spacial score (nSPS) is 17.7. The summed E-state index contributed by atoms with van der Waals surface area (Å²) < 4.78 is 17.1. The highest BCUT2D eigenvalue weighted by Gasteiger charge is 2.32. The summed E-state index contributed by atoms with van der Waals surface area (Å²) in [5.74, 6) is 0.496. The summed E-state index contributed by atoms with van der Waals surface area (Å²) >= 11 is 0. The first kappa shape index (κ1) is 19.4. The molecule has 146 valence electrons. The van der Waals surface area contributed by atoms with Crippen molar-refractivity contribution in [2.45, 2.75) is 52.7 Å². The highest BCUT2D eigenvalue weighted by molar-refractivity contribution is 5.88. The number of nitrogens with zero attached hydrogens (tertiary/aromatic N) is 1. The molecule has 0 radical (unpaired) electrons. The number of carbonyl (C=O) groups excluding carboxylic acids is 1. The number of rotatable bonds is 4. The minimum absolute atomic E-state index is 0.0727. The highest BCUT2D eigenvalue weighted by Crippen LogP contribution is 2.31. The van der Waals surface area contributed by atoms with Crippen molar-refractivity contribution in [3.63, 3.8) is 0 Å². The van der Waals surface area contributed by atoms with Crippen molar-refractivity contribution in [2.24, 2.45) is 0 Å². The van der Waals surface area contributed by atoms with E-state index in [-0.39, 0.29) is 17.1 Å². The number of carbonyl (C=O) groups is 1. The first-order valence-electron chi connectivity index (χ1n) is 9.37. The van der Waals surface area contributed by atoms with E-state index in [0.717, 1.165) is 16.5 Å². The van der Waals surface area contributed by atoms with E-state index in [4.69, 9.17) is 13.9 Å². The summed E-state index contributed by atoms with van der Waals surface area (Å²) in [7, 11) is 0. The van der Waals surface area contributed by atoms with E-state index in [1.807, 2.05) is 39.8 Å². The lowest BCUT2D eigenvalue weighted by Gasteiger charge is -2.39. The second-order valence-electron chi connectivity index (χ2n) is 7.71. The van der Waals surface area contributed by atoms with Gasteiger partial charge in [-0.15, -0.1) is 0 Å². The Labute approximate surface area is 159 Å². The fraction of sp³-hybridized carbons (Fsp3) is 0.524. The maximum Gasteiger partial charge on any atom is 0.336 e. The van der Waals surface area contributed by atoms with Crippen molar-refractivity contribution >= 4 is 16.9 Å². The predicted octanol–water partition coefficient (Wildman–Crippen LogP) is 3.07. The predicted molar refractivity (Wildman–Crippen MR) is 103 cm³/mol. The molecule has 0 spiro atoms. The molecule has 1 amide bonds. The van der Waals surface area contributed by atoms with Gasteiger partial charge in [0.1, 0.15) is 11.3 Å². The summed E-state index contributed by atoms with van der Waals surface area (Å²) in [5.41, 5.74) is 1.50. The monoisotopic (exact) mass is 373 g/mol. The Hall–Kier alpha value is -2.34. The Morgan fingerprint density at radius 1 is 1.33 bits per heavy atom. The van der Waals surface area contributed by atoms with Crippen LogP contribution in [0.2, 0.25) is 0 Å². The van der Waals surface area contributed by atoms with Gasteiger partial charge in [0.25, 0.3) is 5.91 Å². The molecular weight excluding hydrogens is 346 g/mol. The third-order valence-electron chi connectivity index (χ3n) is 4.80. The van der Waals surface area contributed by atoms with E-state index in [0.29, 0.717) is 37.4 Å². The molecule has 1 unspecified atom stereocenters. The van der Waals surface area contributed by atoms with Crippen molar-refractivity contribution in [2.75, 3.05) is 19.7 Å². The first-order valence-corrected chi connectivity index (χ1v) is 9.37. The van der Waals surface area contributed by atoms with E-state index in [1.54, 1.807) is 11.8 Å². The van der Waals surface area contributed by atoms with Gasteiger partial charge in [-0.05, 0) is 57.4 Å². The number of hydrogen-bond donors (Lipinski definition) is 0. The standard InChI is InChI=1S/C21H27NO5/c1-6-15-11-18(23)27-17-10-13(2)9-16(19(15)17)26-14(3)20(24)22-7-8-25-21(4,5)12-22/h9-11,14H,6-8,12H2,1-5H3. The number of ether oxygens (including phenoxy) is 2. The lowest BCUT2D eigenvalue weighted by molar-refractivity contribution is -0.152. The second-order valence-corrected chi connectivity index (χ2v) is 7.71. The molecule has 27 heavy (non-hydrogen) atoms. The van der Waals surface area contributed by atoms with Gasteiger partial charge >= 0.3 is 5.63 Å². The number of morpholine rings is 1. The molecule has 1 aliphatic rings. The second kappa shape index (κ2) is 7.35. The van der Waals surface area contributed by atoms with Gasteiger partial charge in [0.05, 0.1) is 17.6 Å². The summed E-state index contributed by atoms with van der Waals surface area (Å²) in [6, 6.07) is 5.19. The zero-order chi connectivity index (χ0) is 19.8. The molecule has 0 bridgehead atoms. The van der Waals surface area contributed by atoms with Gasteiger partial charge < -0.3 is 18.8 Å². The molecule has 1 saturated heterocycles. The fourth-order valence-electron chi connectivity index (χ4n) is 3.54. The molecule has 0 aliphatic carbocycles. The van der Waals surface area contributed by atoms with Gasteiger partial charge in [0.15, 0.2) is 6.10 Å². The van der Waals surface area contributed by atoms with Crippen LogP contribution in [0.3, 0.4) is 0 Å². The van der Waals surface area contributed by atoms with Crippen LogP contribution in [0.15, 0.2) is 27.4 Å². The average Bonchev–Trinajstić information content (AvgIpc) is 2.58. The molecule has 1 fully saturated rings. The molecular formula is C21H27NO5. The largest absolute Gasteiger partial charge is 0.480 e. The highest BCUT2D eigenvalue weighted by atomic mass is 16.5. The third kappa shape index (κ3) is 4.16. The maximum absolute atomic E-state index is 12.9. The lowest BCUT2D eigenvalue weighted by Crippen LogP contribution is -2.53. The van der Waals surface area contributed by atoms with E-state index >= 15 is 0 Å². The summed E-state index contributed by atoms with van der Waals surface area (Å²) in [4.78, 5) is 26.5. The van der Waals surface area contributed by atoms with Crippen LogP contribution in [0.5, 0.6) is 5.75 Å². The van der Waals surface area contributed by atoms with Crippen molar-refractivity contribution in [1.82, 2.24) is 4.90 Å². The van der Waals surface area contributed by atoms with Crippen LogP contribution in [0.4, 0.5) is 0 Å². The summed E-state index contributed by atoms with van der Waals surface area (Å²) in [5, 5.41) is 0.754. The van der Waals surface area contributed by atoms with E-state index in [1.165, 1.54) is 6.07 Å². The van der Waals surface area contributed by atoms with Gasteiger partial charge in [-0.2, -0.15) is 0 Å². The molecule has 6 nitrogen and oxygen atoms in total. The van der Waals surface area contributed by atoms with Crippen molar-refractivity contribution < 1.29 is 18.7 Å². The zero-order valence-electron chi connectivity index (χ0n) is 16.6. The van der Waals surface area contributed by atoms with Crippen LogP contribution in [-0.4, -0.2) is 42.2 Å². The van der Waals surface area contributed by atoms with Crippen LogP contribution in [0, 0.1) is 6.92 Å². The fourth-order valence-corrected chi connectivity index (χ4v) is 3.54. The molecule has 2 aromatic rings. The van der Waals surface area contributed by atoms with Gasteiger partial charge in [0, 0.05) is 19.2 Å². The number of fused-ring (bicyclic) bond motifs is 1. The molecule has 3 rings (SSSR count). The minimum Gasteiger partial charge on any atom is -0.480 e. The number of amides is 1. The summed E-state index contributed by atoms with van der Waals surface area (Å²) in [6.45, 7) is 11.2. The van der Waals surface area contributed by atoms with E-state index in [2.05, 4.69) is 0 Å². The molecule has 1 atom stereocenters. The van der Waals surface area contributed by atoms with Crippen molar-refractivity contribution in [3.8, 4) is 5.75 Å². The van der Waals surface area contributed by atoms with Crippen LogP contribution < -0.4 is 10.4 Å². The Morgan fingerprint density at radius 2 is 2.07 bits per heavy atom. The van der Waals surface area contributed by atoms with Crippen LogP contribution in [-0.2, 0) is 16.0 Å². The molecule has 2 heterocycles. The lowest BCUT2D eigenvalue weighted by atomic mass is 10.0. The Morgan fingerprint density at radius 3 is 2.74 bits per heavy atom. The van der Waals surface area contributed by atoms with E-state index in [9.17, 15) is 9.59 Å². The van der Waals surface area contributed by atoms with Crippen molar-refractivity contribution in [1.29, 1.82) is 0 Å². The van der Waals surface area contributed by atoms with Crippen molar-refractivity contribution in [3.05, 3.63) is 39.7 Å². The summed E-state index contributed by atoms with van der Waals surface area (Å²) in [6.07, 6.45) is 0.0159. The van der Waals surface area contributed by atoms with Crippen LogP contribution >= 0.6 is 0 Å². The van der Waals surface area contributed by atoms with Gasteiger partial charge in [-0.3, -0.25) is 4.79 Å². The molecule has 1 aromatic heterocycles. The molecule has 6 heteroatoms. The van der Waals surface area contributed by atoms with Crippen LogP contribution in [0.1, 0.15) is 38.8 Å². The molecule has 1 aromatic carbocycles. The van der Waals surface area contributed by atoms with Gasteiger partial charge in [0.2, 0.25) is 0 Å². The first-order chi connectivity index (χ1) is 12.7. The van der Waals surface area contributed by atoms with Gasteiger partial charge in [-0.25, -0.2) is 4.79 Å². The maximum atomic E-state index is 12.9. The Balaban J connectivity index is 1.91. The Kier molecular flexibility index (Phi) is 5.29. The Bertz CT molecular complexity index is 915. The van der Waals surface area contributed by atoms with Gasteiger partial charge in [-0.1, -0.05) is 6.92 Å².